The van der Waals surface area contributed by atoms with Crippen molar-refractivity contribution in [3.8, 4) is 5.75 Å². The minimum Gasteiger partial charge on any atom is -0.478 e. The Bertz CT molecular complexity index is 577. The number of ketones is 1. The van der Waals surface area contributed by atoms with Crippen LogP contribution in [0.4, 0.5) is 0 Å². The first-order valence-corrected chi connectivity index (χ1v) is 6.26. The van der Waals surface area contributed by atoms with Crippen LogP contribution in [-0.4, -0.2) is 23.0 Å². The summed E-state index contributed by atoms with van der Waals surface area (Å²) in [6.07, 6.45) is -0.168. The second-order valence-electron chi connectivity index (χ2n) is 4.38. The van der Waals surface area contributed by atoms with Gasteiger partial charge in [0.1, 0.15) is 5.75 Å². The molecular weight excluding hydrogens is 268 g/mol. The average Bonchev–Trinajstić information content (AvgIpc) is 2.81. The van der Waals surface area contributed by atoms with Crippen molar-refractivity contribution in [1.29, 1.82) is 0 Å². The predicted molar refractivity (Wildman–Crippen MR) is 71.0 cm³/mol. The molecule has 1 aromatic carbocycles. The van der Waals surface area contributed by atoms with Crippen LogP contribution < -0.4 is 4.74 Å². The third kappa shape index (κ3) is 2.49. The molecule has 0 saturated heterocycles. The van der Waals surface area contributed by atoms with E-state index >= 15 is 0 Å². The molecule has 4 nitrogen and oxygen atoms in total. The van der Waals surface area contributed by atoms with Gasteiger partial charge in [-0.15, -0.1) is 0 Å². The van der Waals surface area contributed by atoms with Crippen molar-refractivity contribution in [3.63, 3.8) is 0 Å². The maximum atomic E-state index is 12.0. The lowest BCUT2D eigenvalue weighted by molar-refractivity contribution is -0.144. The molecule has 1 heterocycles. The normalized spacial score (nSPS) is 16.6. The van der Waals surface area contributed by atoms with Crippen molar-refractivity contribution in [2.24, 2.45) is 0 Å². The van der Waals surface area contributed by atoms with Crippen LogP contribution in [0.15, 0.2) is 24.3 Å². The minimum atomic E-state index is -1.04. The highest BCUT2D eigenvalue weighted by Crippen LogP contribution is 2.37. The SMILES string of the molecule is C=C(CC)C(=O)c1cc(Cl)c2c(c1)CC(C(=O)O)O2. The molecule has 2 rings (SSSR count). The Hall–Kier alpha value is -1.81. The summed E-state index contributed by atoms with van der Waals surface area (Å²) >= 11 is 6.04. The van der Waals surface area contributed by atoms with Crippen LogP contribution in [0.2, 0.25) is 5.02 Å². The van der Waals surface area contributed by atoms with Crippen LogP contribution >= 0.6 is 11.6 Å². The molecule has 0 fully saturated rings. The lowest BCUT2D eigenvalue weighted by Crippen LogP contribution is -2.24. The number of ether oxygens (including phenoxy) is 1. The highest BCUT2D eigenvalue weighted by atomic mass is 35.5. The lowest BCUT2D eigenvalue weighted by Gasteiger charge is -2.07. The van der Waals surface area contributed by atoms with Crippen molar-refractivity contribution in [2.75, 3.05) is 0 Å². The molecule has 1 unspecified atom stereocenters. The maximum Gasteiger partial charge on any atom is 0.345 e. The standard InChI is InChI=1S/C14H13ClO4/c1-3-7(2)12(16)8-4-9-6-11(14(17)18)19-13(9)10(15)5-8/h4-5,11H,2-3,6H2,1H3,(H,17,18). The number of carboxylic acid groups (broad SMARTS) is 1. The second kappa shape index (κ2) is 5.05. The van der Waals surface area contributed by atoms with E-state index in [9.17, 15) is 9.59 Å². The number of allylic oxidation sites excluding steroid dienone is 1. The summed E-state index contributed by atoms with van der Waals surface area (Å²) in [4.78, 5) is 22.9. The van der Waals surface area contributed by atoms with E-state index in [0.29, 0.717) is 28.9 Å². The Morgan fingerprint density at radius 3 is 2.79 bits per heavy atom. The van der Waals surface area contributed by atoms with Crippen LogP contribution in [0.25, 0.3) is 0 Å². The van der Waals surface area contributed by atoms with Crippen LogP contribution in [0.1, 0.15) is 29.3 Å². The molecule has 100 valence electrons. The monoisotopic (exact) mass is 280 g/mol. The van der Waals surface area contributed by atoms with Gasteiger partial charge < -0.3 is 9.84 Å². The molecule has 0 amide bonds. The largest absolute Gasteiger partial charge is 0.478 e. The molecule has 0 aromatic heterocycles. The smallest absolute Gasteiger partial charge is 0.345 e. The Labute approximate surface area is 115 Å². The molecule has 1 aromatic rings. The summed E-state index contributed by atoms with van der Waals surface area (Å²) in [6.45, 7) is 5.54. The molecule has 1 N–H and O–H groups in total. The van der Waals surface area contributed by atoms with Gasteiger partial charge in [0.05, 0.1) is 5.02 Å². The third-order valence-electron chi connectivity index (χ3n) is 3.07. The topological polar surface area (TPSA) is 63.6 Å². The van der Waals surface area contributed by atoms with E-state index in [1.165, 1.54) is 6.07 Å². The maximum absolute atomic E-state index is 12.0. The second-order valence-corrected chi connectivity index (χ2v) is 4.79. The molecule has 0 bridgehead atoms. The zero-order valence-corrected chi connectivity index (χ0v) is 11.2. The summed E-state index contributed by atoms with van der Waals surface area (Å²) in [5.41, 5.74) is 1.56. The molecule has 1 atom stereocenters. The summed E-state index contributed by atoms with van der Waals surface area (Å²) in [7, 11) is 0. The van der Waals surface area contributed by atoms with Gasteiger partial charge in [-0.25, -0.2) is 4.79 Å². The van der Waals surface area contributed by atoms with Gasteiger partial charge in [0.2, 0.25) is 0 Å². The number of Topliss-reactive ketones (excluding diaryl/α,β-unsaturated/α-hetero) is 1. The van der Waals surface area contributed by atoms with E-state index in [2.05, 4.69) is 6.58 Å². The Balaban J connectivity index is 2.37. The Morgan fingerprint density at radius 1 is 1.53 bits per heavy atom. The molecule has 0 aliphatic carbocycles. The van der Waals surface area contributed by atoms with Crippen molar-refractivity contribution >= 4 is 23.4 Å². The number of hydrogen-bond acceptors (Lipinski definition) is 3. The van der Waals surface area contributed by atoms with E-state index in [0.717, 1.165) is 0 Å². The number of aliphatic carboxylic acids is 1. The number of fused-ring (bicyclic) bond motifs is 1. The molecule has 0 spiro atoms. The molecule has 1 aliphatic heterocycles. The molecule has 1 aliphatic rings. The van der Waals surface area contributed by atoms with Gasteiger partial charge in [-0.3, -0.25) is 4.79 Å². The Kier molecular flexibility index (Phi) is 3.62. The van der Waals surface area contributed by atoms with Gasteiger partial charge >= 0.3 is 5.97 Å². The van der Waals surface area contributed by atoms with Crippen LogP contribution in [0.3, 0.4) is 0 Å². The van der Waals surface area contributed by atoms with Gasteiger partial charge in [-0.05, 0) is 24.1 Å². The van der Waals surface area contributed by atoms with Gasteiger partial charge in [0.25, 0.3) is 0 Å². The summed E-state index contributed by atoms with van der Waals surface area (Å²) in [6, 6.07) is 3.13. The van der Waals surface area contributed by atoms with E-state index < -0.39 is 12.1 Å². The average molecular weight is 281 g/mol. The molecule has 0 saturated carbocycles. The van der Waals surface area contributed by atoms with E-state index in [1.807, 2.05) is 6.92 Å². The summed E-state index contributed by atoms with van der Waals surface area (Å²) in [5.74, 6) is -0.864. The first kappa shape index (κ1) is 13.6. The first-order chi connectivity index (χ1) is 8.93. The highest BCUT2D eigenvalue weighted by molar-refractivity contribution is 6.32. The number of halogens is 1. The van der Waals surface area contributed by atoms with Gasteiger partial charge in [-0.1, -0.05) is 25.1 Å². The zero-order chi connectivity index (χ0) is 14.2. The molecule has 5 heteroatoms. The molecule has 19 heavy (non-hydrogen) atoms. The number of hydrogen-bond donors (Lipinski definition) is 1. The van der Waals surface area contributed by atoms with Gasteiger partial charge in [0, 0.05) is 17.5 Å². The Morgan fingerprint density at radius 2 is 2.21 bits per heavy atom. The van der Waals surface area contributed by atoms with Gasteiger partial charge in [0.15, 0.2) is 11.9 Å². The predicted octanol–water partition coefficient (Wildman–Crippen LogP) is 2.88. The highest BCUT2D eigenvalue weighted by Gasteiger charge is 2.31. The number of carboxylic acids is 1. The fraction of sp³-hybridized carbons (Fsp3) is 0.286. The van der Waals surface area contributed by atoms with Crippen LogP contribution in [0, 0.1) is 0 Å². The van der Waals surface area contributed by atoms with Crippen molar-refractivity contribution in [1.82, 2.24) is 0 Å². The van der Waals surface area contributed by atoms with Crippen LogP contribution in [-0.2, 0) is 11.2 Å². The van der Waals surface area contributed by atoms with E-state index in [4.69, 9.17) is 21.4 Å². The molecular formula is C14H13ClO4. The number of rotatable bonds is 4. The van der Waals surface area contributed by atoms with Crippen LogP contribution in [0.5, 0.6) is 5.75 Å². The third-order valence-corrected chi connectivity index (χ3v) is 3.35. The fourth-order valence-electron chi connectivity index (χ4n) is 1.95. The van der Waals surface area contributed by atoms with Crippen molar-refractivity contribution in [2.45, 2.75) is 25.9 Å². The number of carbonyl (C=O) groups is 2. The first-order valence-electron chi connectivity index (χ1n) is 5.88. The summed E-state index contributed by atoms with van der Waals surface area (Å²) < 4.78 is 5.26. The number of carbonyl (C=O) groups excluding carboxylic acids is 1. The number of benzene rings is 1. The quantitative estimate of drug-likeness (QED) is 0.680. The van der Waals surface area contributed by atoms with Gasteiger partial charge in [-0.2, -0.15) is 0 Å². The fourth-order valence-corrected chi connectivity index (χ4v) is 2.23. The van der Waals surface area contributed by atoms with E-state index in [-0.39, 0.29) is 17.2 Å². The van der Waals surface area contributed by atoms with Crippen molar-refractivity contribution < 1.29 is 19.4 Å². The minimum absolute atomic E-state index is 0.175. The van der Waals surface area contributed by atoms with E-state index in [1.54, 1.807) is 6.07 Å². The summed E-state index contributed by atoms with van der Waals surface area (Å²) in [5, 5.41) is 9.19. The van der Waals surface area contributed by atoms with Crippen molar-refractivity contribution in [3.05, 3.63) is 40.4 Å². The lowest BCUT2D eigenvalue weighted by atomic mass is 9.99. The zero-order valence-electron chi connectivity index (χ0n) is 10.4. The molecule has 0 radical (unpaired) electrons.